The second kappa shape index (κ2) is 15.9. The molecule has 1 aromatic rings. The highest BCUT2D eigenvalue weighted by Gasteiger charge is 2.26. The van der Waals surface area contributed by atoms with Crippen LogP contribution in [0.1, 0.15) is 90.5 Å². The molecule has 0 aliphatic heterocycles. The molecule has 31 heavy (non-hydrogen) atoms. The number of amides is 1. The molecule has 1 aromatic carbocycles. The van der Waals surface area contributed by atoms with Crippen LogP contribution < -0.4 is 5.32 Å². The van der Waals surface area contributed by atoms with Gasteiger partial charge in [0.05, 0.1) is 0 Å². The second-order valence-electron chi connectivity index (χ2n) is 9.27. The number of esters is 1. The van der Waals surface area contributed by atoms with Crippen molar-refractivity contribution in [1.29, 1.82) is 0 Å². The summed E-state index contributed by atoms with van der Waals surface area (Å²) in [5.74, 6) is -0.458. The first kappa shape index (κ1) is 27.2. The van der Waals surface area contributed by atoms with Crippen LogP contribution in [0, 0.1) is 0 Å². The SMILES string of the molecule is COCCCCCCCCCCCC(=O)N[C@@H](Cc1ccccc1)C(=O)OC(C)(C)C. The maximum Gasteiger partial charge on any atom is 0.329 e. The van der Waals surface area contributed by atoms with Crippen LogP contribution >= 0.6 is 0 Å². The van der Waals surface area contributed by atoms with Gasteiger partial charge < -0.3 is 14.8 Å². The number of ether oxygens (including phenoxy) is 2. The van der Waals surface area contributed by atoms with Gasteiger partial charge in [-0.1, -0.05) is 75.3 Å². The minimum absolute atomic E-state index is 0.0788. The Kier molecular flexibility index (Phi) is 13.9. The van der Waals surface area contributed by atoms with Crippen molar-refractivity contribution in [3.8, 4) is 0 Å². The Balaban J connectivity index is 2.29. The fraction of sp³-hybridized carbons (Fsp3) is 0.692. The topological polar surface area (TPSA) is 64.6 Å². The maximum atomic E-state index is 12.6. The van der Waals surface area contributed by atoms with Crippen molar-refractivity contribution in [2.75, 3.05) is 13.7 Å². The van der Waals surface area contributed by atoms with Crippen LogP contribution in [-0.4, -0.2) is 37.2 Å². The molecular weight excluding hydrogens is 390 g/mol. The highest BCUT2D eigenvalue weighted by Crippen LogP contribution is 2.13. The third-order valence-corrected chi connectivity index (χ3v) is 5.06. The van der Waals surface area contributed by atoms with Crippen molar-refractivity contribution in [3.63, 3.8) is 0 Å². The van der Waals surface area contributed by atoms with E-state index in [9.17, 15) is 9.59 Å². The summed E-state index contributed by atoms with van der Waals surface area (Å²) in [5, 5.41) is 2.90. The van der Waals surface area contributed by atoms with Gasteiger partial charge >= 0.3 is 5.97 Å². The minimum Gasteiger partial charge on any atom is -0.458 e. The van der Waals surface area contributed by atoms with Gasteiger partial charge in [0, 0.05) is 26.6 Å². The average Bonchev–Trinajstić information content (AvgIpc) is 2.71. The number of hydrogen-bond donors (Lipinski definition) is 1. The Hall–Kier alpha value is -1.88. The lowest BCUT2D eigenvalue weighted by Crippen LogP contribution is -2.45. The van der Waals surface area contributed by atoms with Gasteiger partial charge in [0.25, 0.3) is 0 Å². The van der Waals surface area contributed by atoms with E-state index in [1.54, 1.807) is 7.11 Å². The van der Waals surface area contributed by atoms with Gasteiger partial charge in [-0.25, -0.2) is 4.79 Å². The third-order valence-electron chi connectivity index (χ3n) is 5.06. The zero-order chi connectivity index (χ0) is 23.0. The zero-order valence-electron chi connectivity index (χ0n) is 20.1. The van der Waals surface area contributed by atoms with E-state index < -0.39 is 11.6 Å². The first-order valence-corrected chi connectivity index (χ1v) is 11.9. The Morgan fingerprint density at radius 3 is 1.97 bits per heavy atom. The molecule has 0 spiro atoms. The van der Waals surface area contributed by atoms with E-state index in [2.05, 4.69) is 5.32 Å². The molecule has 0 aliphatic rings. The number of methoxy groups -OCH3 is 1. The highest BCUT2D eigenvalue weighted by atomic mass is 16.6. The highest BCUT2D eigenvalue weighted by molar-refractivity contribution is 5.84. The van der Waals surface area contributed by atoms with Gasteiger partial charge in [0.2, 0.25) is 5.91 Å². The monoisotopic (exact) mass is 433 g/mol. The molecule has 0 radical (unpaired) electrons. The summed E-state index contributed by atoms with van der Waals surface area (Å²) in [6, 6.07) is 9.06. The number of carbonyl (C=O) groups excluding carboxylic acids is 2. The summed E-state index contributed by atoms with van der Waals surface area (Å²) in [6.07, 6.45) is 11.4. The van der Waals surface area contributed by atoms with Crippen molar-refractivity contribution >= 4 is 11.9 Å². The summed E-state index contributed by atoms with van der Waals surface area (Å²) in [5.41, 5.74) is 0.418. The molecule has 0 heterocycles. The Morgan fingerprint density at radius 2 is 1.42 bits per heavy atom. The largest absolute Gasteiger partial charge is 0.458 e. The van der Waals surface area contributed by atoms with Gasteiger partial charge in [-0.3, -0.25) is 4.79 Å². The van der Waals surface area contributed by atoms with Crippen molar-refractivity contribution < 1.29 is 19.1 Å². The lowest BCUT2D eigenvalue weighted by Gasteiger charge is -2.24. The minimum atomic E-state index is -0.660. The van der Waals surface area contributed by atoms with E-state index in [0.29, 0.717) is 12.8 Å². The summed E-state index contributed by atoms with van der Waals surface area (Å²) in [4.78, 5) is 25.1. The molecule has 5 heteroatoms. The fourth-order valence-electron chi connectivity index (χ4n) is 3.45. The molecule has 0 saturated heterocycles. The number of benzene rings is 1. The van der Waals surface area contributed by atoms with E-state index in [1.165, 1.54) is 32.1 Å². The molecule has 0 saturated carbocycles. The molecule has 0 fully saturated rings. The standard InChI is InChI=1S/C26H43NO4/c1-26(2,3)31-25(29)23(21-22-17-13-12-14-18-22)27-24(28)19-15-10-8-6-5-7-9-11-16-20-30-4/h12-14,17-18,23H,5-11,15-16,19-21H2,1-4H3,(H,27,28)/t23-/m0/s1. The third kappa shape index (κ3) is 14.7. The molecule has 1 rings (SSSR count). The average molecular weight is 434 g/mol. The van der Waals surface area contributed by atoms with Crippen LogP contribution in [-0.2, 0) is 25.5 Å². The quantitative estimate of drug-likeness (QED) is 0.272. The van der Waals surface area contributed by atoms with E-state index in [-0.39, 0.29) is 11.9 Å². The normalized spacial score (nSPS) is 12.4. The molecule has 0 unspecified atom stereocenters. The number of carbonyl (C=O) groups is 2. The maximum absolute atomic E-state index is 12.6. The summed E-state index contributed by atoms with van der Waals surface area (Å²) < 4.78 is 10.6. The number of unbranched alkanes of at least 4 members (excludes halogenated alkanes) is 8. The smallest absolute Gasteiger partial charge is 0.329 e. The molecule has 0 aliphatic carbocycles. The predicted molar refractivity (Wildman–Crippen MR) is 126 cm³/mol. The molecule has 0 bridgehead atoms. The lowest BCUT2D eigenvalue weighted by atomic mass is 10.0. The molecule has 0 aromatic heterocycles. The summed E-state index contributed by atoms with van der Waals surface area (Å²) in [6.45, 7) is 6.38. The van der Waals surface area contributed by atoms with Crippen molar-refractivity contribution in [2.45, 2.75) is 103 Å². The lowest BCUT2D eigenvalue weighted by molar-refractivity contribution is -0.158. The molecule has 1 atom stereocenters. The van der Waals surface area contributed by atoms with Crippen molar-refractivity contribution in [1.82, 2.24) is 5.32 Å². The molecular formula is C26H43NO4. The number of nitrogens with one attached hydrogen (secondary N) is 1. The van der Waals surface area contributed by atoms with E-state index in [0.717, 1.165) is 37.9 Å². The van der Waals surface area contributed by atoms with Crippen molar-refractivity contribution in [3.05, 3.63) is 35.9 Å². The summed E-state index contributed by atoms with van der Waals surface area (Å²) in [7, 11) is 1.75. The van der Waals surface area contributed by atoms with Crippen LogP contribution in [0.3, 0.4) is 0 Å². The van der Waals surface area contributed by atoms with E-state index >= 15 is 0 Å². The Labute approximate surface area is 189 Å². The van der Waals surface area contributed by atoms with Crippen molar-refractivity contribution in [2.24, 2.45) is 0 Å². The first-order valence-electron chi connectivity index (χ1n) is 11.9. The van der Waals surface area contributed by atoms with Crippen LogP contribution in [0.4, 0.5) is 0 Å². The van der Waals surface area contributed by atoms with E-state index in [4.69, 9.17) is 9.47 Å². The van der Waals surface area contributed by atoms with Gasteiger partial charge in [0.15, 0.2) is 0 Å². The van der Waals surface area contributed by atoms with Crippen LogP contribution in [0.15, 0.2) is 30.3 Å². The number of hydrogen-bond acceptors (Lipinski definition) is 4. The first-order chi connectivity index (χ1) is 14.8. The molecule has 1 amide bonds. The van der Waals surface area contributed by atoms with Gasteiger partial charge in [-0.15, -0.1) is 0 Å². The van der Waals surface area contributed by atoms with Gasteiger partial charge in [-0.2, -0.15) is 0 Å². The Morgan fingerprint density at radius 1 is 0.871 bits per heavy atom. The zero-order valence-corrected chi connectivity index (χ0v) is 20.1. The second-order valence-corrected chi connectivity index (χ2v) is 9.27. The molecule has 1 N–H and O–H groups in total. The fourth-order valence-corrected chi connectivity index (χ4v) is 3.45. The van der Waals surface area contributed by atoms with Crippen LogP contribution in [0.25, 0.3) is 0 Å². The predicted octanol–water partition coefficient (Wildman–Crippen LogP) is 5.60. The molecule has 176 valence electrons. The number of rotatable bonds is 16. The van der Waals surface area contributed by atoms with Gasteiger partial charge in [0.1, 0.15) is 11.6 Å². The van der Waals surface area contributed by atoms with Gasteiger partial charge in [-0.05, 0) is 39.2 Å². The Bertz CT molecular complexity index is 610. The van der Waals surface area contributed by atoms with Crippen LogP contribution in [0.5, 0.6) is 0 Å². The van der Waals surface area contributed by atoms with Crippen LogP contribution in [0.2, 0.25) is 0 Å². The van der Waals surface area contributed by atoms with E-state index in [1.807, 2.05) is 51.1 Å². The summed E-state index contributed by atoms with van der Waals surface area (Å²) >= 11 is 0. The molecule has 5 nitrogen and oxygen atoms in total.